The van der Waals surface area contributed by atoms with Gasteiger partial charge in [0.2, 0.25) is 0 Å². The minimum Gasteiger partial charge on any atom is -0.258 e. The van der Waals surface area contributed by atoms with Gasteiger partial charge in [0, 0.05) is 6.07 Å². The van der Waals surface area contributed by atoms with Crippen molar-refractivity contribution in [2.24, 2.45) is 0 Å². The van der Waals surface area contributed by atoms with Crippen LogP contribution in [0.4, 0.5) is 5.69 Å². The molecule has 1 rings (SSSR count). The van der Waals surface area contributed by atoms with Crippen LogP contribution in [0.5, 0.6) is 0 Å². The molecular formula is C7H7ClN2O2. The number of aromatic nitrogens is 1. The van der Waals surface area contributed by atoms with Crippen LogP contribution in [-0.2, 0) is 6.42 Å². The molecule has 0 aromatic carbocycles. The molecule has 0 bridgehead atoms. The van der Waals surface area contributed by atoms with Crippen molar-refractivity contribution in [3.8, 4) is 0 Å². The molecule has 12 heavy (non-hydrogen) atoms. The number of nitrogens with zero attached hydrogens (tertiary/aromatic N) is 2. The Hall–Kier alpha value is -1.16. The molecule has 0 aliphatic rings. The van der Waals surface area contributed by atoms with E-state index in [-0.39, 0.29) is 5.69 Å². The van der Waals surface area contributed by atoms with Crippen LogP contribution in [0.25, 0.3) is 0 Å². The molecule has 0 N–H and O–H groups in total. The van der Waals surface area contributed by atoms with Gasteiger partial charge in [-0.2, -0.15) is 0 Å². The van der Waals surface area contributed by atoms with Crippen LogP contribution in [0, 0.1) is 10.1 Å². The number of nitro groups is 1. The van der Waals surface area contributed by atoms with E-state index in [9.17, 15) is 10.1 Å². The van der Waals surface area contributed by atoms with Crippen molar-refractivity contribution in [3.05, 3.63) is 33.1 Å². The van der Waals surface area contributed by atoms with Gasteiger partial charge in [0.05, 0.1) is 15.6 Å². The van der Waals surface area contributed by atoms with E-state index in [2.05, 4.69) is 4.98 Å². The van der Waals surface area contributed by atoms with E-state index in [4.69, 9.17) is 11.6 Å². The summed E-state index contributed by atoms with van der Waals surface area (Å²) < 4.78 is 0. The third-order valence-electron chi connectivity index (χ3n) is 1.45. The van der Waals surface area contributed by atoms with E-state index in [0.29, 0.717) is 17.1 Å². The van der Waals surface area contributed by atoms with Gasteiger partial charge in [-0.05, 0) is 6.42 Å². The minimum atomic E-state index is -0.516. The number of rotatable bonds is 2. The molecule has 0 fully saturated rings. The molecule has 0 saturated carbocycles. The predicted molar refractivity (Wildman–Crippen MR) is 45.3 cm³/mol. The van der Waals surface area contributed by atoms with Crippen molar-refractivity contribution in [1.29, 1.82) is 0 Å². The molecule has 0 radical (unpaired) electrons. The third kappa shape index (κ3) is 1.71. The van der Waals surface area contributed by atoms with Crippen LogP contribution in [-0.4, -0.2) is 9.91 Å². The van der Waals surface area contributed by atoms with Crippen molar-refractivity contribution in [1.82, 2.24) is 4.98 Å². The lowest BCUT2D eigenvalue weighted by Crippen LogP contribution is -1.93. The summed E-state index contributed by atoms with van der Waals surface area (Å²) in [6, 6.07) is 1.31. The predicted octanol–water partition coefficient (Wildman–Crippen LogP) is 2.21. The second kappa shape index (κ2) is 3.49. The molecule has 5 heteroatoms. The summed E-state index contributed by atoms with van der Waals surface area (Å²) >= 11 is 5.71. The van der Waals surface area contributed by atoms with Crippen LogP contribution in [0.2, 0.25) is 5.02 Å². The van der Waals surface area contributed by atoms with Gasteiger partial charge in [-0.15, -0.1) is 0 Å². The Kier molecular flexibility index (Phi) is 2.60. The quantitative estimate of drug-likeness (QED) is 0.526. The monoisotopic (exact) mass is 186 g/mol. The highest BCUT2D eigenvalue weighted by Gasteiger charge is 2.08. The molecule has 0 spiro atoms. The maximum Gasteiger partial charge on any atom is 0.289 e. The second-order valence-corrected chi connectivity index (χ2v) is 2.64. The largest absolute Gasteiger partial charge is 0.289 e. The van der Waals surface area contributed by atoms with E-state index >= 15 is 0 Å². The molecule has 0 amide bonds. The lowest BCUT2D eigenvalue weighted by atomic mass is 10.3. The van der Waals surface area contributed by atoms with Gasteiger partial charge >= 0.3 is 0 Å². The number of hydrogen-bond acceptors (Lipinski definition) is 3. The molecule has 0 aliphatic carbocycles. The summed E-state index contributed by atoms with van der Waals surface area (Å²) in [5.41, 5.74) is 0.611. The Balaban J connectivity index is 3.10. The minimum absolute atomic E-state index is 0.0720. The summed E-state index contributed by atoms with van der Waals surface area (Å²) in [6.07, 6.45) is 1.89. The Morgan fingerprint density at radius 1 is 1.75 bits per heavy atom. The van der Waals surface area contributed by atoms with Gasteiger partial charge < -0.3 is 0 Å². The average molecular weight is 187 g/mol. The van der Waals surface area contributed by atoms with Gasteiger partial charge in [-0.3, -0.25) is 15.1 Å². The van der Waals surface area contributed by atoms with Crippen LogP contribution in [0.15, 0.2) is 12.3 Å². The molecule has 4 nitrogen and oxygen atoms in total. The normalized spacial score (nSPS) is 9.83. The standard InChI is InChI=1S/C7H7ClN2O2/c1-2-7-6(8)3-5(4-9-7)10(11)12/h3-4H,2H2,1H3. The fraction of sp³-hybridized carbons (Fsp3) is 0.286. The smallest absolute Gasteiger partial charge is 0.258 e. The number of hydrogen-bond donors (Lipinski definition) is 0. The maximum absolute atomic E-state index is 10.3. The summed E-state index contributed by atoms with van der Waals surface area (Å²) in [7, 11) is 0. The average Bonchev–Trinajstić information content (AvgIpc) is 2.04. The summed E-state index contributed by atoms with van der Waals surface area (Å²) in [5, 5.41) is 10.6. The van der Waals surface area contributed by atoms with E-state index in [0.717, 1.165) is 0 Å². The highest BCUT2D eigenvalue weighted by Crippen LogP contribution is 2.19. The first-order chi connectivity index (χ1) is 5.65. The molecule has 1 heterocycles. The third-order valence-corrected chi connectivity index (χ3v) is 1.78. The van der Waals surface area contributed by atoms with Crippen LogP contribution >= 0.6 is 11.6 Å². The van der Waals surface area contributed by atoms with Crippen LogP contribution < -0.4 is 0 Å². The van der Waals surface area contributed by atoms with Gasteiger partial charge in [-0.25, -0.2) is 0 Å². The molecule has 64 valence electrons. The lowest BCUT2D eigenvalue weighted by molar-refractivity contribution is -0.385. The van der Waals surface area contributed by atoms with E-state index in [1.54, 1.807) is 0 Å². The zero-order valence-electron chi connectivity index (χ0n) is 6.45. The Morgan fingerprint density at radius 3 is 2.83 bits per heavy atom. The first-order valence-electron chi connectivity index (χ1n) is 3.44. The van der Waals surface area contributed by atoms with Crippen molar-refractivity contribution in [2.75, 3.05) is 0 Å². The van der Waals surface area contributed by atoms with Crippen molar-refractivity contribution in [3.63, 3.8) is 0 Å². The summed E-state index contributed by atoms with van der Waals surface area (Å²) in [5.74, 6) is 0. The van der Waals surface area contributed by atoms with Crippen molar-refractivity contribution < 1.29 is 4.92 Å². The van der Waals surface area contributed by atoms with Gasteiger partial charge in [-0.1, -0.05) is 18.5 Å². The number of aryl methyl sites for hydroxylation is 1. The molecule has 0 atom stereocenters. The number of halogens is 1. The molecule has 0 saturated heterocycles. The summed E-state index contributed by atoms with van der Waals surface area (Å²) in [6.45, 7) is 1.89. The molecule has 1 aromatic heterocycles. The van der Waals surface area contributed by atoms with E-state index in [1.807, 2.05) is 6.92 Å². The Morgan fingerprint density at radius 2 is 2.42 bits per heavy atom. The van der Waals surface area contributed by atoms with Crippen molar-refractivity contribution in [2.45, 2.75) is 13.3 Å². The fourth-order valence-electron chi connectivity index (χ4n) is 0.816. The molecule has 1 aromatic rings. The molecule has 0 unspecified atom stereocenters. The zero-order chi connectivity index (χ0) is 9.14. The first-order valence-corrected chi connectivity index (χ1v) is 3.81. The van der Waals surface area contributed by atoms with Crippen molar-refractivity contribution >= 4 is 17.3 Å². The van der Waals surface area contributed by atoms with Crippen LogP contribution in [0.3, 0.4) is 0 Å². The highest BCUT2D eigenvalue weighted by atomic mass is 35.5. The lowest BCUT2D eigenvalue weighted by Gasteiger charge is -1.97. The molecule has 0 aliphatic heterocycles. The summed E-state index contributed by atoms with van der Waals surface area (Å²) in [4.78, 5) is 13.6. The maximum atomic E-state index is 10.3. The highest BCUT2D eigenvalue weighted by molar-refractivity contribution is 6.31. The van der Waals surface area contributed by atoms with E-state index in [1.165, 1.54) is 12.3 Å². The zero-order valence-corrected chi connectivity index (χ0v) is 7.21. The van der Waals surface area contributed by atoms with E-state index < -0.39 is 4.92 Å². The Bertz CT molecular complexity index is 314. The fourth-order valence-corrected chi connectivity index (χ4v) is 1.11. The van der Waals surface area contributed by atoms with Gasteiger partial charge in [0.15, 0.2) is 0 Å². The molecular weight excluding hydrogens is 180 g/mol. The topological polar surface area (TPSA) is 56.0 Å². The second-order valence-electron chi connectivity index (χ2n) is 2.23. The number of pyridine rings is 1. The first kappa shape index (κ1) is 8.93. The Labute approximate surface area is 74.3 Å². The van der Waals surface area contributed by atoms with Gasteiger partial charge in [0.25, 0.3) is 5.69 Å². The SMILES string of the molecule is CCc1ncc([N+](=O)[O-])cc1Cl. The van der Waals surface area contributed by atoms with Gasteiger partial charge in [0.1, 0.15) is 6.20 Å². The van der Waals surface area contributed by atoms with Crippen LogP contribution in [0.1, 0.15) is 12.6 Å².